The molecular formula is C20H19ClN4O3S. The zero-order chi connectivity index (χ0) is 20.7. The molecule has 3 aromatic rings. The Balaban J connectivity index is 1.51. The zero-order valence-electron chi connectivity index (χ0n) is 16.0. The van der Waals surface area contributed by atoms with Crippen LogP contribution in [0.4, 0.5) is 10.8 Å². The fourth-order valence-corrected chi connectivity index (χ4v) is 4.92. The normalized spacial score (nSPS) is 14.4. The summed E-state index contributed by atoms with van der Waals surface area (Å²) >= 11 is 7.88. The number of hydrogen-bond donors (Lipinski definition) is 0. The maximum absolute atomic E-state index is 12.9. The van der Waals surface area contributed by atoms with Crippen LogP contribution in [0.2, 0.25) is 5.02 Å². The van der Waals surface area contributed by atoms with Crippen molar-refractivity contribution >= 4 is 49.9 Å². The maximum Gasteiger partial charge on any atom is 0.273 e. The Hall–Kier alpha value is -2.71. The largest absolute Gasteiger partial charge is 0.345 e. The summed E-state index contributed by atoms with van der Waals surface area (Å²) in [4.78, 5) is 32.3. The van der Waals surface area contributed by atoms with Crippen LogP contribution in [0, 0.1) is 24.0 Å². The number of anilines is 1. The van der Waals surface area contributed by atoms with E-state index >= 15 is 0 Å². The third-order valence-electron chi connectivity index (χ3n) is 5.26. The highest BCUT2D eigenvalue weighted by Crippen LogP contribution is 2.36. The average Bonchev–Trinajstić information content (AvgIpc) is 3.17. The first kappa shape index (κ1) is 19.6. The standard InChI is InChI=1S/C20H19ClN4O3S/c1-12-6-7-15(21)18-17(12)22-20(29-18)24-10-8-23(9-11-24)19(26)14-4-3-5-16(13(14)2)25(27)28/h3-7H,8-11H2,1-2H3. The Morgan fingerprint density at radius 1 is 1.17 bits per heavy atom. The van der Waals surface area contributed by atoms with Gasteiger partial charge in [-0.15, -0.1) is 0 Å². The van der Waals surface area contributed by atoms with Gasteiger partial charge < -0.3 is 9.80 Å². The second kappa shape index (κ2) is 7.61. The summed E-state index contributed by atoms with van der Waals surface area (Å²) in [5.41, 5.74) is 2.76. The minimum absolute atomic E-state index is 0.0313. The van der Waals surface area contributed by atoms with Crippen molar-refractivity contribution in [3.63, 3.8) is 0 Å². The van der Waals surface area contributed by atoms with Gasteiger partial charge in [-0.1, -0.05) is 35.1 Å². The molecule has 150 valence electrons. The SMILES string of the molecule is Cc1c(C(=O)N2CCN(c3nc4c(C)ccc(Cl)c4s3)CC2)cccc1[N+](=O)[O-]. The molecular weight excluding hydrogens is 412 g/mol. The Morgan fingerprint density at radius 3 is 2.55 bits per heavy atom. The van der Waals surface area contributed by atoms with E-state index in [1.54, 1.807) is 35.3 Å². The van der Waals surface area contributed by atoms with Crippen molar-refractivity contribution in [3.05, 3.63) is 62.2 Å². The molecule has 0 saturated carbocycles. The molecule has 29 heavy (non-hydrogen) atoms. The number of piperazine rings is 1. The van der Waals surface area contributed by atoms with Crippen molar-refractivity contribution < 1.29 is 9.72 Å². The quantitative estimate of drug-likeness (QED) is 0.453. The fourth-order valence-electron chi connectivity index (χ4n) is 3.55. The van der Waals surface area contributed by atoms with Crippen LogP contribution in [0.5, 0.6) is 0 Å². The van der Waals surface area contributed by atoms with E-state index in [1.165, 1.54) is 6.07 Å². The van der Waals surface area contributed by atoms with Gasteiger partial charge in [-0.25, -0.2) is 4.98 Å². The van der Waals surface area contributed by atoms with E-state index in [0.717, 1.165) is 20.9 Å². The van der Waals surface area contributed by atoms with Crippen LogP contribution < -0.4 is 4.90 Å². The number of benzene rings is 2. The molecule has 4 rings (SSSR count). The summed E-state index contributed by atoms with van der Waals surface area (Å²) in [6.45, 7) is 5.99. The number of thiazole rings is 1. The van der Waals surface area contributed by atoms with Crippen molar-refractivity contribution in [2.24, 2.45) is 0 Å². The number of aromatic nitrogens is 1. The number of carbonyl (C=O) groups is 1. The molecule has 2 aromatic carbocycles. The first-order chi connectivity index (χ1) is 13.9. The minimum atomic E-state index is -0.454. The molecule has 2 heterocycles. The molecule has 0 atom stereocenters. The number of aryl methyl sites for hydroxylation is 1. The highest BCUT2D eigenvalue weighted by Gasteiger charge is 2.27. The number of rotatable bonds is 3. The smallest absolute Gasteiger partial charge is 0.273 e. The molecule has 0 bridgehead atoms. The van der Waals surface area contributed by atoms with Gasteiger partial charge in [0, 0.05) is 43.4 Å². The molecule has 1 amide bonds. The van der Waals surface area contributed by atoms with Crippen LogP contribution in [-0.2, 0) is 0 Å². The average molecular weight is 431 g/mol. The number of nitro benzene ring substituents is 1. The van der Waals surface area contributed by atoms with Crippen molar-refractivity contribution in [2.45, 2.75) is 13.8 Å². The van der Waals surface area contributed by atoms with Crippen molar-refractivity contribution in [1.82, 2.24) is 9.88 Å². The number of nitrogens with zero attached hydrogens (tertiary/aromatic N) is 4. The molecule has 1 aliphatic heterocycles. The second-order valence-corrected chi connectivity index (χ2v) is 8.41. The van der Waals surface area contributed by atoms with Crippen molar-refractivity contribution in [2.75, 3.05) is 31.1 Å². The lowest BCUT2D eigenvalue weighted by atomic mass is 10.1. The maximum atomic E-state index is 12.9. The van der Waals surface area contributed by atoms with E-state index in [2.05, 4.69) is 4.90 Å². The molecule has 0 radical (unpaired) electrons. The van der Waals surface area contributed by atoms with E-state index in [4.69, 9.17) is 16.6 Å². The summed E-state index contributed by atoms with van der Waals surface area (Å²) in [7, 11) is 0. The molecule has 0 aliphatic carbocycles. The Labute approximate surface area is 176 Å². The minimum Gasteiger partial charge on any atom is -0.345 e. The molecule has 1 aromatic heterocycles. The van der Waals surface area contributed by atoms with E-state index < -0.39 is 4.92 Å². The molecule has 1 aliphatic rings. The Morgan fingerprint density at radius 2 is 1.90 bits per heavy atom. The number of halogens is 1. The highest BCUT2D eigenvalue weighted by molar-refractivity contribution is 7.22. The number of nitro groups is 1. The van der Waals surface area contributed by atoms with E-state index in [-0.39, 0.29) is 11.6 Å². The van der Waals surface area contributed by atoms with Gasteiger partial charge in [0.25, 0.3) is 11.6 Å². The van der Waals surface area contributed by atoms with E-state index in [9.17, 15) is 14.9 Å². The Bertz CT molecular complexity index is 1080. The summed E-state index contributed by atoms with van der Waals surface area (Å²) < 4.78 is 0.979. The lowest BCUT2D eigenvalue weighted by Gasteiger charge is -2.34. The lowest BCUT2D eigenvalue weighted by Crippen LogP contribution is -2.48. The van der Waals surface area contributed by atoms with Crippen LogP contribution in [0.3, 0.4) is 0 Å². The first-order valence-corrected chi connectivity index (χ1v) is 10.4. The monoisotopic (exact) mass is 430 g/mol. The summed E-state index contributed by atoms with van der Waals surface area (Å²) in [6, 6.07) is 8.48. The molecule has 1 saturated heterocycles. The predicted molar refractivity (Wildman–Crippen MR) is 115 cm³/mol. The Kier molecular flexibility index (Phi) is 5.14. The third kappa shape index (κ3) is 3.54. The first-order valence-electron chi connectivity index (χ1n) is 9.20. The predicted octanol–water partition coefficient (Wildman–Crippen LogP) is 4.44. The van der Waals surface area contributed by atoms with Gasteiger partial charge in [0.1, 0.15) is 0 Å². The van der Waals surface area contributed by atoms with Crippen molar-refractivity contribution in [3.8, 4) is 0 Å². The summed E-state index contributed by atoms with van der Waals surface area (Å²) in [5.74, 6) is -0.172. The van der Waals surface area contributed by atoms with Crippen LogP contribution in [0.25, 0.3) is 10.2 Å². The highest BCUT2D eigenvalue weighted by atomic mass is 35.5. The second-order valence-electron chi connectivity index (χ2n) is 7.02. The topological polar surface area (TPSA) is 79.6 Å². The zero-order valence-corrected chi connectivity index (χ0v) is 17.6. The van der Waals surface area contributed by atoms with Gasteiger partial charge in [-0.3, -0.25) is 14.9 Å². The van der Waals surface area contributed by atoms with Crippen LogP contribution in [0.15, 0.2) is 30.3 Å². The van der Waals surface area contributed by atoms with Crippen LogP contribution in [-0.4, -0.2) is 46.9 Å². The van der Waals surface area contributed by atoms with Gasteiger partial charge >= 0.3 is 0 Å². The van der Waals surface area contributed by atoms with Gasteiger partial charge in [-0.2, -0.15) is 0 Å². The van der Waals surface area contributed by atoms with Gasteiger partial charge in [-0.05, 0) is 31.5 Å². The summed E-state index contributed by atoms with van der Waals surface area (Å²) in [5, 5.41) is 12.7. The van der Waals surface area contributed by atoms with Gasteiger partial charge in [0.15, 0.2) is 5.13 Å². The number of amides is 1. The van der Waals surface area contributed by atoms with Crippen LogP contribution >= 0.6 is 22.9 Å². The number of fused-ring (bicyclic) bond motifs is 1. The molecule has 1 fully saturated rings. The molecule has 0 N–H and O–H groups in total. The molecule has 0 spiro atoms. The molecule has 0 unspecified atom stereocenters. The number of carbonyl (C=O) groups excluding carboxylic acids is 1. The van der Waals surface area contributed by atoms with Gasteiger partial charge in [0.2, 0.25) is 0 Å². The van der Waals surface area contributed by atoms with Gasteiger partial charge in [0.05, 0.1) is 20.2 Å². The third-order valence-corrected chi connectivity index (χ3v) is 6.83. The van der Waals surface area contributed by atoms with E-state index in [0.29, 0.717) is 42.3 Å². The lowest BCUT2D eigenvalue weighted by molar-refractivity contribution is -0.385. The molecule has 9 heteroatoms. The van der Waals surface area contributed by atoms with Crippen LogP contribution in [0.1, 0.15) is 21.5 Å². The van der Waals surface area contributed by atoms with E-state index in [1.807, 2.05) is 19.1 Å². The fraction of sp³-hybridized carbons (Fsp3) is 0.300. The van der Waals surface area contributed by atoms with Crippen molar-refractivity contribution in [1.29, 1.82) is 0 Å². The number of hydrogen-bond acceptors (Lipinski definition) is 6. The molecule has 7 nitrogen and oxygen atoms in total. The summed E-state index contributed by atoms with van der Waals surface area (Å²) in [6.07, 6.45) is 0.